The maximum Gasteiger partial charge on any atom is 0.291 e. The summed E-state index contributed by atoms with van der Waals surface area (Å²) in [5, 5.41) is 2.76. The molecule has 3 aromatic rings. The van der Waals surface area contributed by atoms with E-state index in [0.29, 0.717) is 10.9 Å². The number of hydrogen-bond acceptors (Lipinski definition) is 3. The number of halogens is 1. The van der Waals surface area contributed by atoms with E-state index in [2.05, 4.69) is 15.3 Å². The van der Waals surface area contributed by atoms with Gasteiger partial charge in [0.05, 0.1) is 16.6 Å². The summed E-state index contributed by atoms with van der Waals surface area (Å²) in [4.78, 5) is 30.4. The second-order valence-electron chi connectivity index (χ2n) is 4.37. The summed E-state index contributed by atoms with van der Waals surface area (Å²) in [7, 11) is 0. The first-order valence-electron chi connectivity index (χ1n) is 6.20. The molecule has 0 aliphatic carbocycles. The Bertz CT molecular complexity index is 889. The molecule has 6 heteroatoms. The van der Waals surface area contributed by atoms with Crippen LogP contribution in [-0.2, 0) is 0 Å². The highest BCUT2D eigenvalue weighted by atomic mass is 19.1. The van der Waals surface area contributed by atoms with Crippen molar-refractivity contribution in [3.8, 4) is 0 Å². The number of amides is 1. The van der Waals surface area contributed by atoms with E-state index in [0.717, 1.165) is 0 Å². The smallest absolute Gasteiger partial charge is 0.291 e. The van der Waals surface area contributed by atoms with Crippen LogP contribution in [0.5, 0.6) is 0 Å². The van der Waals surface area contributed by atoms with Gasteiger partial charge in [0, 0.05) is 0 Å². The number of rotatable bonds is 2. The van der Waals surface area contributed by atoms with Gasteiger partial charge in [-0.2, -0.15) is 0 Å². The topological polar surface area (TPSA) is 74.8 Å². The molecule has 2 N–H and O–H groups in total. The third-order valence-corrected chi connectivity index (χ3v) is 2.95. The van der Waals surface area contributed by atoms with Crippen molar-refractivity contribution >= 4 is 22.5 Å². The van der Waals surface area contributed by atoms with Crippen molar-refractivity contribution in [1.29, 1.82) is 0 Å². The van der Waals surface area contributed by atoms with Crippen molar-refractivity contribution in [3.05, 3.63) is 70.5 Å². The zero-order chi connectivity index (χ0) is 14.8. The molecule has 5 nitrogen and oxygen atoms in total. The zero-order valence-corrected chi connectivity index (χ0v) is 10.8. The average molecular weight is 283 g/mol. The fourth-order valence-corrected chi connectivity index (χ4v) is 1.94. The molecule has 21 heavy (non-hydrogen) atoms. The molecule has 1 amide bonds. The van der Waals surface area contributed by atoms with E-state index in [1.807, 2.05) is 0 Å². The van der Waals surface area contributed by atoms with Crippen LogP contribution in [0.4, 0.5) is 10.1 Å². The molecule has 1 heterocycles. The number of carbonyl (C=O) groups excluding carboxylic acids is 1. The third kappa shape index (κ3) is 2.51. The van der Waals surface area contributed by atoms with Gasteiger partial charge < -0.3 is 10.3 Å². The van der Waals surface area contributed by atoms with Crippen LogP contribution in [0.3, 0.4) is 0 Å². The molecule has 0 aliphatic rings. The van der Waals surface area contributed by atoms with E-state index < -0.39 is 17.3 Å². The first-order valence-corrected chi connectivity index (χ1v) is 6.20. The summed E-state index contributed by atoms with van der Waals surface area (Å²) in [6.45, 7) is 0. The van der Waals surface area contributed by atoms with Crippen molar-refractivity contribution in [3.63, 3.8) is 0 Å². The fraction of sp³-hybridized carbons (Fsp3) is 0. The zero-order valence-electron chi connectivity index (χ0n) is 10.8. The molecular formula is C15H10FN3O2. The van der Waals surface area contributed by atoms with Crippen molar-refractivity contribution in [2.24, 2.45) is 0 Å². The van der Waals surface area contributed by atoms with Crippen LogP contribution < -0.4 is 10.9 Å². The van der Waals surface area contributed by atoms with Gasteiger partial charge in [-0.05, 0) is 24.3 Å². The summed E-state index contributed by atoms with van der Waals surface area (Å²) in [5.74, 6) is -1.40. The molecule has 0 spiro atoms. The molecule has 0 saturated carbocycles. The van der Waals surface area contributed by atoms with Gasteiger partial charge in [0.25, 0.3) is 11.5 Å². The second-order valence-corrected chi connectivity index (χ2v) is 4.37. The fourth-order valence-electron chi connectivity index (χ4n) is 1.94. The predicted molar refractivity (Wildman–Crippen MR) is 76.7 cm³/mol. The van der Waals surface area contributed by atoms with Crippen LogP contribution in [0.2, 0.25) is 0 Å². The second kappa shape index (κ2) is 5.16. The van der Waals surface area contributed by atoms with Crippen LogP contribution in [0.25, 0.3) is 10.9 Å². The van der Waals surface area contributed by atoms with Crippen LogP contribution >= 0.6 is 0 Å². The number of benzene rings is 2. The third-order valence-electron chi connectivity index (χ3n) is 2.95. The lowest BCUT2D eigenvalue weighted by atomic mass is 10.2. The highest BCUT2D eigenvalue weighted by molar-refractivity contribution is 6.02. The monoisotopic (exact) mass is 283 g/mol. The first-order chi connectivity index (χ1) is 10.1. The van der Waals surface area contributed by atoms with E-state index in [4.69, 9.17) is 0 Å². The highest BCUT2D eigenvalue weighted by Crippen LogP contribution is 2.13. The lowest BCUT2D eigenvalue weighted by molar-refractivity contribution is 0.101. The van der Waals surface area contributed by atoms with Crippen molar-refractivity contribution in [2.45, 2.75) is 0 Å². The number of nitrogens with zero attached hydrogens (tertiary/aromatic N) is 1. The molecule has 2 aromatic carbocycles. The minimum atomic E-state index is -0.678. The van der Waals surface area contributed by atoms with Crippen LogP contribution in [0.15, 0.2) is 53.3 Å². The number of aromatic amines is 1. The molecule has 0 unspecified atom stereocenters. The molecule has 104 valence electrons. The largest absolute Gasteiger partial charge is 0.317 e. The Labute approximate surface area is 118 Å². The number of H-pyrrole nitrogens is 1. The molecule has 0 bridgehead atoms. The SMILES string of the molecule is O=C(Nc1ccccc1F)c1nc2ccccc2c(=O)[nH]1. The number of aromatic nitrogens is 2. The maximum atomic E-state index is 13.5. The van der Waals surface area contributed by atoms with Crippen molar-refractivity contribution < 1.29 is 9.18 Å². The van der Waals surface area contributed by atoms with Gasteiger partial charge in [0.1, 0.15) is 5.82 Å². The Morgan fingerprint density at radius 2 is 1.81 bits per heavy atom. The first kappa shape index (κ1) is 13.0. The summed E-state index contributed by atoms with van der Waals surface area (Å²) in [6, 6.07) is 12.4. The van der Waals surface area contributed by atoms with Gasteiger partial charge >= 0.3 is 0 Å². The van der Waals surface area contributed by atoms with Gasteiger partial charge in [0.15, 0.2) is 5.82 Å². The minimum Gasteiger partial charge on any atom is -0.317 e. The Morgan fingerprint density at radius 3 is 2.62 bits per heavy atom. The molecule has 1 aromatic heterocycles. The van der Waals surface area contributed by atoms with E-state index in [1.54, 1.807) is 30.3 Å². The van der Waals surface area contributed by atoms with Crippen LogP contribution in [-0.4, -0.2) is 15.9 Å². The van der Waals surface area contributed by atoms with Gasteiger partial charge in [-0.1, -0.05) is 24.3 Å². The molecule has 0 saturated heterocycles. The standard InChI is InChI=1S/C15H10FN3O2/c16-10-6-2-4-8-12(10)18-15(21)13-17-11-7-3-1-5-9(11)14(20)19-13/h1-8H,(H,18,21)(H,17,19,20). The summed E-state index contributed by atoms with van der Waals surface area (Å²) in [5.41, 5.74) is 0.0116. The van der Waals surface area contributed by atoms with Gasteiger partial charge in [0.2, 0.25) is 0 Å². The number of fused-ring (bicyclic) bond motifs is 1. The Balaban J connectivity index is 1.99. The molecular weight excluding hydrogens is 273 g/mol. The number of carbonyl (C=O) groups is 1. The highest BCUT2D eigenvalue weighted by Gasteiger charge is 2.13. The molecule has 3 rings (SSSR count). The van der Waals surface area contributed by atoms with E-state index in [-0.39, 0.29) is 11.5 Å². The molecule has 0 aliphatic heterocycles. The van der Waals surface area contributed by atoms with E-state index >= 15 is 0 Å². The van der Waals surface area contributed by atoms with E-state index in [9.17, 15) is 14.0 Å². The number of para-hydroxylation sites is 2. The molecule has 0 radical (unpaired) electrons. The number of hydrogen-bond donors (Lipinski definition) is 2. The summed E-state index contributed by atoms with van der Waals surface area (Å²) in [6.07, 6.45) is 0. The van der Waals surface area contributed by atoms with Crippen LogP contribution in [0, 0.1) is 5.82 Å². The van der Waals surface area contributed by atoms with Crippen molar-refractivity contribution in [2.75, 3.05) is 5.32 Å². The lowest BCUT2D eigenvalue weighted by Gasteiger charge is -2.06. The Hall–Kier alpha value is -3.02. The quantitative estimate of drug-likeness (QED) is 0.758. The minimum absolute atomic E-state index is 0.0262. The van der Waals surface area contributed by atoms with Gasteiger partial charge in [-0.15, -0.1) is 0 Å². The summed E-state index contributed by atoms with van der Waals surface area (Å²) >= 11 is 0. The maximum absolute atomic E-state index is 13.5. The summed E-state index contributed by atoms with van der Waals surface area (Å²) < 4.78 is 13.5. The molecule has 0 fully saturated rings. The average Bonchev–Trinajstić information content (AvgIpc) is 2.49. The van der Waals surface area contributed by atoms with Crippen molar-refractivity contribution in [1.82, 2.24) is 9.97 Å². The predicted octanol–water partition coefficient (Wildman–Crippen LogP) is 2.31. The van der Waals surface area contributed by atoms with E-state index in [1.165, 1.54) is 18.2 Å². The lowest BCUT2D eigenvalue weighted by Crippen LogP contribution is -2.21. The number of nitrogens with one attached hydrogen (secondary N) is 2. The Kier molecular flexibility index (Phi) is 3.19. The van der Waals surface area contributed by atoms with Crippen LogP contribution in [0.1, 0.15) is 10.6 Å². The number of anilines is 1. The van der Waals surface area contributed by atoms with Gasteiger partial charge in [-0.3, -0.25) is 9.59 Å². The normalized spacial score (nSPS) is 10.5. The Morgan fingerprint density at radius 1 is 1.10 bits per heavy atom. The molecule has 0 atom stereocenters. The van der Waals surface area contributed by atoms with Gasteiger partial charge in [-0.25, -0.2) is 9.37 Å².